The van der Waals surface area contributed by atoms with Crippen LogP contribution in [0.15, 0.2) is 65.8 Å². The molecule has 31 heavy (non-hydrogen) atoms. The number of benzene rings is 2. The molecular formula is C22H21N5O4. The lowest BCUT2D eigenvalue weighted by Crippen LogP contribution is -2.23. The summed E-state index contributed by atoms with van der Waals surface area (Å²) in [6, 6.07) is 14.6. The summed E-state index contributed by atoms with van der Waals surface area (Å²) < 4.78 is 13.5. The first-order valence-corrected chi connectivity index (χ1v) is 9.61. The van der Waals surface area contributed by atoms with Crippen molar-refractivity contribution in [3.8, 4) is 17.2 Å². The molecule has 9 nitrogen and oxygen atoms in total. The average molecular weight is 419 g/mol. The lowest BCUT2D eigenvalue weighted by molar-refractivity contribution is -0.116. The molecule has 158 valence electrons. The Bertz CT molecular complexity index is 1280. The van der Waals surface area contributed by atoms with Gasteiger partial charge in [0.1, 0.15) is 5.39 Å². The van der Waals surface area contributed by atoms with E-state index in [-0.39, 0.29) is 24.4 Å². The van der Waals surface area contributed by atoms with Gasteiger partial charge in [-0.25, -0.2) is 9.67 Å². The van der Waals surface area contributed by atoms with Crippen LogP contribution in [0.3, 0.4) is 0 Å². The first kappa shape index (κ1) is 20.1. The molecule has 0 unspecified atom stereocenters. The van der Waals surface area contributed by atoms with E-state index in [1.54, 1.807) is 30.0 Å². The second-order valence-corrected chi connectivity index (χ2v) is 6.74. The van der Waals surface area contributed by atoms with E-state index in [2.05, 4.69) is 15.4 Å². The maximum atomic E-state index is 12.8. The third-order valence-electron chi connectivity index (χ3n) is 4.80. The van der Waals surface area contributed by atoms with Gasteiger partial charge in [-0.3, -0.25) is 14.2 Å². The van der Waals surface area contributed by atoms with Crippen LogP contribution in [0.25, 0.3) is 16.7 Å². The van der Waals surface area contributed by atoms with Crippen LogP contribution in [0.1, 0.15) is 6.42 Å². The van der Waals surface area contributed by atoms with E-state index in [1.165, 1.54) is 24.2 Å². The fourth-order valence-electron chi connectivity index (χ4n) is 3.23. The Labute approximate surface area is 177 Å². The number of anilines is 1. The lowest BCUT2D eigenvalue weighted by atomic mass is 10.2. The molecule has 0 aliphatic carbocycles. The second-order valence-electron chi connectivity index (χ2n) is 6.74. The molecule has 2 aromatic heterocycles. The highest BCUT2D eigenvalue weighted by Gasteiger charge is 2.13. The number of hydrogen-bond acceptors (Lipinski definition) is 6. The fraction of sp³-hybridized carbons (Fsp3) is 0.182. The molecule has 9 heteroatoms. The minimum Gasteiger partial charge on any atom is -0.493 e. The molecular weight excluding hydrogens is 398 g/mol. The van der Waals surface area contributed by atoms with E-state index in [0.717, 1.165) is 5.69 Å². The molecule has 2 aromatic carbocycles. The molecule has 0 saturated heterocycles. The summed E-state index contributed by atoms with van der Waals surface area (Å²) in [5.74, 6) is 0.850. The Morgan fingerprint density at radius 1 is 1.06 bits per heavy atom. The molecule has 0 atom stereocenters. The normalized spacial score (nSPS) is 10.8. The van der Waals surface area contributed by atoms with Gasteiger partial charge in [-0.1, -0.05) is 18.2 Å². The highest BCUT2D eigenvalue weighted by atomic mass is 16.5. The van der Waals surface area contributed by atoms with Gasteiger partial charge in [0.25, 0.3) is 5.56 Å². The maximum absolute atomic E-state index is 12.8. The highest BCUT2D eigenvalue weighted by molar-refractivity contribution is 5.91. The molecule has 0 radical (unpaired) electrons. The third-order valence-corrected chi connectivity index (χ3v) is 4.80. The number of hydrogen-bond donors (Lipinski definition) is 1. The number of para-hydroxylation sites is 1. The van der Waals surface area contributed by atoms with Crippen LogP contribution in [-0.4, -0.2) is 39.5 Å². The van der Waals surface area contributed by atoms with Crippen molar-refractivity contribution in [2.75, 3.05) is 19.5 Å². The standard InChI is InChI=1S/C22H21N5O4/c1-30-18-9-8-15(12-19(18)31-2)25-20(28)10-11-26-14-23-21-17(22(26)29)13-24-27(21)16-6-4-3-5-7-16/h3-9,12-14H,10-11H2,1-2H3,(H,25,28). The lowest BCUT2D eigenvalue weighted by Gasteiger charge is -2.11. The number of carbonyl (C=O) groups excluding carboxylic acids is 1. The van der Waals surface area contributed by atoms with Crippen LogP contribution in [0, 0.1) is 0 Å². The summed E-state index contributed by atoms with van der Waals surface area (Å²) in [5, 5.41) is 7.48. The van der Waals surface area contributed by atoms with Crippen LogP contribution in [0.4, 0.5) is 5.69 Å². The van der Waals surface area contributed by atoms with Crippen LogP contribution in [0.5, 0.6) is 11.5 Å². The molecule has 2 heterocycles. The number of carbonyl (C=O) groups is 1. The SMILES string of the molecule is COc1ccc(NC(=O)CCn2cnc3c(cnn3-c3ccccc3)c2=O)cc1OC. The number of rotatable bonds is 7. The van der Waals surface area contributed by atoms with Crippen molar-refractivity contribution in [1.29, 1.82) is 0 Å². The predicted octanol–water partition coefficient (Wildman–Crippen LogP) is 2.63. The van der Waals surface area contributed by atoms with E-state index >= 15 is 0 Å². The van der Waals surface area contributed by atoms with Crippen molar-refractivity contribution >= 4 is 22.6 Å². The van der Waals surface area contributed by atoms with E-state index in [4.69, 9.17) is 9.47 Å². The maximum Gasteiger partial charge on any atom is 0.264 e. The Morgan fingerprint density at radius 2 is 1.84 bits per heavy atom. The summed E-state index contributed by atoms with van der Waals surface area (Å²) in [4.78, 5) is 29.6. The quantitative estimate of drug-likeness (QED) is 0.494. The third kappa shape index (κ3) is 4.11. The van der Waals surface area contributed by atoms with Crippen LogP contribution >= 0.6 is 0 Å². The topological polar surface area (TPSA) is 100 Å². The molecule has 0 spiro atoms. The van der Waals surface area contributed by atoms with Gasteiger partial charge in [-0.05, 0) is 24.3 Å². The van der Waals surface area contributed by atoms with Crippen molar-refractivity contribution in [2.45, 2.75) is 13.0 Å². The van der Waals surface area contributed by atoms with E-state index in [9.17, 15) is 9.59 Å². The van der Waals surface area contributed by atoms with E-state index < -0.39 is 0 Å². The number of nitrogens with one attached hydrogen (secondary N) is 1. The van der Waals surface area contributed by atoms with Gasteiger partial charge in [-0.2, -0.15) is 5.10 Å². The smallest absolute Gasteiger partial charge is 0.264 e. The summed E-state index contributed by atoms with van der Waals surface area (Å²) in [5.41, 5.74) is 1.62. The fourth-order valence-corrected chi connectivity index (χ4v) is 3.23. The van der Waals surface area contributed by atoms with Gasteiger partial charge < -0.3 is 14.8 Å². The molecule has 0 aliphatic rings. The van der Waals surface area contributed by atoms with Gasteiger partial charge >= 0.3 is 0 Å². The van der Waals surface area contributed by atoms with Crippen molar-refractivity contribution in [3.05, 3.63) is 71.4 Å². The van der Waals surface area contributed by atoms with Gasteiger partial charge in [0.15, 0.2) is 17.1 Å². The number of aromatic nitrogens is 4. The Kier molecular flexibility index (Phi) is 5.65. The largest absolute Gasteiger partial charge is 0.493 e. The number of fused-ring (bicyclic) bond motifs is 1. The van der Waals surface area contributed by atoms with Gasteiger partial charge in [-0.15, -0.1) is 0 Å². The van der Waals surface area contributed by atoms with Crippen LogP contribution < -0.4 is 20.3 Å². The molecule has 0 aliphatic heterocycles. The summed E-state index contributed by atoms with van der Waals surface area (Å²) in [6.45, 7) is 0.192. The first-order chi connectivity index (χ1) is 15.1. The van der Waals surface area contributed by atoms with Gasteiger partial charge in [0, 0.05) is 24.7 Å². The van der Waals surface area contributed by atoms with Crippen molar-refractivity contribution < 1.29 is 14.3 Å². The molecule has 1 N–H and O–H groups in total. The minimum atomic E-state index is -0.244. The zero-order valence-corrected chi connectivity index (χ0v) is 17.1. The first-order valence-electron chi connectivity index (χ1n) is 9.61. The zero-order valence-electron chi connectivity index (χ0n) is 17.1. The number of ether oxygens (including phenoxy) is 2. The highest BCUT2D eigenvalue weighted by Crippen LogP contribution is 2.29. The number of aryl methyl sites for hydroxylation is 1. The average Bonchev–Trinajstić information content (AvgIpc) is 3.24. The van der Waals surface area contributed by atoms with E-state index in [1.807, 2.05) is 30.3 Å². The van der Waals surface area contributed by atoms with Crippen molar-refractivity contribution in [1.82, 2.24) is 19.3 Å². The number of nitrogens with zero attached hydrogens (tertiary/aromatic N) is 4. The predicted molar refractivity (Wildman–Crippen MR) is 116 cm³/mol. The molecule has 0 fully saturated rings. The van der Waals surface area contributed by atoms with Crippen molar-refractivity contribution in [3.63, 3.8) is 0 Å². The molecule has 4 rings (SSSR count). The Hall–Kier alpha value is -4.14. The van der Waals surface area contributed by atoms with Crippen molar-refractivity contribution in [2.24, 2.45) is 0 Å². The minimum absolute atomic E-state index is 0.105. The Balaban J connectivity index is 1.47. The van der Waals surface area contributed by atoms with Gasteiger partial charge in [0.2, 0.25) is 5.91 Å². The van der Waals surface area contributed by atoms with Crippen LogP contribution in [0.2, 0.25) is 0 Å². The van der Waals surface area contributed by atoms with Crippen LogP contribution in [-0.2, 0) is 11.3 Å². The second kappa shape index (κ2) is 8.70. The summed E-state index contributed by atoms with van der Waals surface area (Å²) in [6.07, 6.45) is 3.04. The molecule has 1 amide bonds. The molecule has 4 aromatic rings. The number of methoxy groups -OCH3 is 2. The zero-order chi connectivity index (χ0) is 21.8. The monoisotopic (exact) mass is 419 g/mol. The van der Waals surface area contributed by atoms with Gasteiger partial charge in [0.05, 0.1) is 32.4 Å². The number of amides is 1. The summed E-state index contributed by atoms with van der Waals surface area (Å²) in [7, 11) is 3.07. The summed E-state index contributed by atoms with van der Waals surface area (Å²) >= 11 is 0. The Morgan fingerprint density at radius 3 is 2.58 bits per heavy atom. The van der Waals surface area contributed by atoms with E-state index in [0.29, 0.717) is 28.2 Å². The molecule has 0 saturated carbocycles. The molecule has 0 bridgehead atoms.